The Labute approximate surface area is 117 Å². The molecule has 2 atom stereocenters. The number of amides is 1. The maximum Gasteiger partial charge on any atom is 0.299 e. The van der Waals surface area contributed by atoms with Crippen molar-refractivity contribution in [3.63, 3.8) is 0 Å². The molecule has 2 unspecified atom stereocenters. The highest BCUT2D eigenvalue weighted by Gasteiger charge is 2.38. The summed E-state index contributed by atoms with van der Waals surface area (Å²) < 4.78 is 10.8. The Balaban J connectivity index is 1.86. The number of ether oxygens (including phenoxy) is 2. The largest absolute Gasteiger partial charge is 0.497 e. The van der Waals surface area contributed by atoms with Crippen LogP contribution in [0.4, 0.5) is 5.69 Å². The van der Waals surface area contributed by atoms with Gasteiger partial charge in [-0.2, -0.15) is 0 Å². The summed E-state index contributed by atoms with van der Waals surface area (Å²) in [6.45, 7) is 2.46. The van der Waals surface area contributed by atoms with Crippen molar-refractivity contribution < 1.29 is 19.1 Å². The molecule has 5 nitrogen and oxygen atoms in total. The number of methoxy groups -OCH3 is 1. The van der Waals surface area contributed by atoms with Crippen LogP contribution in [-0.2, 0) is 9.53 Å². The van der Waals surface area contributed by atoms with Gasteiger partial charge in [-0.3, -0.25) is 9.59 Å². The quantitative estimate of drug-likeness (QED) is 0.789. The maximum absolute atomic E-state index is 12.1. The summed E-state index contributed by atoms with van der Waals surface area (Å²) >= 11 is 0. The number of Topliss-reactive ketones (excluding diaryl/α,β-unsaturated/α-hetero) is 1. The fraction of sp³-hybridized carbons (Fsp3) is 0.467. The van der Waals surface area contributed by atoms with E-state index in [9.17, 15) is 9.59 Å². The highest BCUT2D eigenvalue weighted by Crippen LogP contribution is 2.33. The van der Waals surface area contributed by atoms with Gasteiger partial charge >= 0.3 is 0 Å². The minimum Gasteiger partial charge on any atom is -0.497 e. The SMILES string of the molecule is COc1ccc2c(c1)C(=O)C(=O)N2CC1CCC(C)O1. The second kappa shape index (κ2) is 4.90. The molecule has 0 N–H and O–H groups in total. The number of hydrogen-bond donors (Lipinski definition) is 0. The molecule has 2 aliphatic rings. The summed E-state index contributed by atoms with van der Waals surface area (Å²) in [7, 11) is 1.54. The van der Waals surface area contributed by atoms with Crippen LogP contribution in [0.15, 0.2) is 18.2 Å². The van der Waals surface area contributed by atoms with E-state index in [1.807, 2.05) is 6.92 Å². The molecule has 20 heavy (non-hydrogen) atoms. The molecule has 0 aliphatic carbocycles. The average molecular weight is 275 g/mol. The van der Waals surface area contributed by atoms with E-state index < -0.39 is 11.7 Å². The van der Waals surface area contributed by atoms with Gasteiger partial charge in [0.1, 0.15) is 5.75 Å². The van der Waals surface area contributed by atoms with Gasteiger partial charge < -0.3 is 14.4 Å². The van der Waals surface area contributed by atoms with Crippen LogP contribution in [-0.4, -0.2) is 37.6 Å². The van der Waals surface area contributed by atoms with Gasteiger partial charge in [-0.15, -0.1) is 0 Å². The molecule has 1 amide bonds. The molecule has 0 aromatic heterocycles. The van der Waals surface area contributed by atoms with Crippen LogP contribution in [0.25, 0.3) is 0 Å². The Kier molecular flexibility index (Phi) is 3.22. The monoisotopic (exact) mass is 275 g/mol. The molecule has 3 rings (SSSR count). The first-order valence-corrected chi connectivity index (χ1v) is 6.80. The Hall–Kier alpha value is -1.88. The molecule has 1 aromatic carbocycles. The van der Waals surface area contributed by atoms with Gasteiger partial charge in [-0.05, 0) is 38.0 Å². The predicted octanol–water partition coefficient (Wildman–Crippen LogP) is 1.79. The number of fused-ring (bicyclic) bond motifs is 1. The first kappa shape index (κ1) is 13.1. The van der Waals surface area contributed by atoms with Crippen LogP contribution < -0.4 is 9.64 Å². The summed E-state index contributed by atoms with van der Waals surface area (Å²) in [5, 5.41) is 0. The maximum atomic E-state index is 12.1. The number of carbonyl (C=O) groups excluding carboxylic acids is 2. The van der Waals surface area contributed by atoms with E-state index in [1.165, 1.54) is 12.0 Å². The zero-order valence-corrected chi connectivity index (χ0v) is 11.6. The number of ketones is 1. The highest BCUT2D eigenvalue weighted by molar-refractivity contribution is 6.52. The zero-order valence-electron chi connectivity index (χ0n) is 11.6. The molecule has 106 valence electrons. The van der Waals surface area contributed by atoms with Gasteiger partial charge in [0.25, 0.3) is 11.7 Å². The summed E-state index contributed by atoms with van der Waals surface area (Å²) in [5.41, 5.74) is 1.07. The van der Waals surface area contributed by atoms with Crippen LogP contribution in [0.2, 0.25) is 0 Å². The van der Waals surface area contributed by atoms with E-state index in [0.29, 0.717) is 23.5 Å². The van der Waals surface area contributed by atoms with Gasteiger partial charge in [0.2, 0.25) is 0 Å². The van der Waals surface area contributed by atoms with Crippen molar-refractivity contribution in [2.45, 2.75) is 32.0 Å². The lowest BCUT2D eigenvalue weighted by Crippen LogP contribution is -2.36. The average Bonchev–Trinajstić information content (AvgIpc) is 2.96. The normalized spacial score (nSPS) is 25.2. The Morgan fingerprint density at radius 3 is 2.80 bits per heavy atom. The third-order valence-electron chi connectivity index (χ3n) is 3.88. The van der Waals surface area contributed by atoms with Crippen molar-refractivity contribution in [2.24, 2.45) is 0 Å². The van der Waals surface area contributed by atoms with Crippen LogP contribution >= 0.6 is 0 Å². The lowest BCUT2D eigenvalue weighted by Gasteiger charge is -2.21. The number of nitrogens with zero attached hydrogens (tertiary/aromatic N) is 1. The molecular formula is C15H17NO4. The lowest BCUT2D eigenvalue weighted by atomic mass is 10.1. The van der Waals surface area contributed by atoms with Crippen molar-refractivity contribution in [3.05, 3.63) is 23.8 Å². The van der Waals surface area contributed by atoms with Gasteiger partial charge in [-0.25, -0.2) is 0 Å². The summed E-state index contributed by atoms with van der Waals surface area (Å²) in [6, 6.07) is 5.14. The Morgan fingerprint density at radius 1 is 1.35 bits per heavy atom. The minimum absolute atomic E-state index is 0.00908. The lowest BCUT2D eigenvalue weighted by molar-refractivity contribution is -0.114. The summed E-state index contributed by atoms with van der Waals surface area (Å²) in [5.74, 6) is -0.362. The molecule has 0 saturated carbocycles. The molecule has 5 heteroatoms. The summed E-state index contributed by atoms with van der Waals surface area (Å²) in [6.07, 6.45) is 2.15. The topological polar surface area (TPSA) is 55.8 Å². The van der Waals surface area contributed by atoms with E-state index >= 15 is 0 Å². The minimum atomic E-state index is -0.476. The number of hydrogen-bond acceptors (Lipinski definition) is 4. The van der Waals surface area contributed by atoms with Gasteiger partial charge in [0.15, 0.2) is 0 Å². The Bertz CT molecular complexity index is 569. The molecule has 0 bridgehead atoms. The van der Waals surface area contributed by atoms with E-state index in [1.54, 1.807) is 18.2 Å². The van der Waals surface area contributed by atoms with E-state index in [2.05, 4.69) is 0 Å². The predicted molar refractivity (Wildman–Crippen MR) is 73.2 cm³/mol. The zero-order chi connectivity index (χ0) is 14.3. The van der Waals surface area contributed by atoms with Crippen LogP contribution in [0.3, 0.4) is 0 Å². The number of rotatable bonds is 3. The van der Waals surface area contributed by atoms with Crippen LogP contribution in [0.5, 0.6) is 5.75 Å². The Morgan fingerprint density at radius 2 is 2.15 bits per heavy atom. The van der Waals surface area contributed by atoms with Crippen molar-refractivity contribution in [1.82, 2.24) is 0 Å². The molecular weight excluding hydrogens is 258 g/mol. The van der Waals surface area contributed by atoms with Crippen molar-refractivity contribution in [3.8, 4) is 5.75 Å². The highest BCUT2D eigenvalue weighted by atomic mass is 16.5. The molecule has 0 spiro atoms. The molecule has 0 radical (unpaired) electrons. The van der Waals surface area contributed by atoms with Crippen LogP contribution in [0, 0.1) is 0 Å². The second-order valence-electron chi connectivity index (χ2n) is 5.27. The summed E-state index contributed by atoms with van der Waals surface area (Å²) in [4.78, 5) is 25.7. The number of anilines is 1. The van der Waals surface area contributed by atoms with E-state index in [-0.39, 0.29) is 12.2 Å². The third kappa shape index (κ3) is 2.08. The molecule has 1 aromatic rings. The smallest absolute Gasteiger partial charge is 0.299 e. The van der Waals surface area contributed by atoms with Gasteiger partial charge in [0.05, 0.1) is 37.1 Å². The van der Waals surface area contributed by atoms with Crippen molar-refractivity contribution >= 4 is 17.4 Å². The van der Waals surface area contributed by atoms with E-state index in [0.717, 1.165) is 12.8 Å². The van der Waals surface area contributed by atoms with E-state index in [4.69, 9.17) is 9.47 Å². The van der Waals surface area contributed by atoms with Gasteiger partial charge in [-0.1, -0.05) is 0 Å². The first-order chi connectivity index (χ1) is 9.60. The fourth-order valence-electron chi connectivity index (χ4n) is 2.81. The number of carbonyl (C=O) groups is 2. The van der Waals surface area contributed by atoms with Crippen molar-refractivity contribution in [1.29, 1.82) is 0 Å². The molecule has 2 heterocycles. The van der Waals surface area contributed by atoms with Gasteiger partial charge in [0, 0.05) is 0 Å². The fourth-order valence-corrected chi connectivity index (χ4v) is 2.81. The molecule has 1 saturated heterocycles. The second-order valence-corrected chi connectivity index (χ2v) is 5.27. The van der Waals surface area contributed by atoms with Crippen molar-refractivity contribution in [2.75, 3.05) is 18.6 Å². The molecule has 2 aliphatic heterocycles. The first-order valence-electron chi connectivity index (χ1n) is 6.80. The standard InChI is InChI=1S/C15H17NO4/c1-9-3-4-11(20-9)8-16-13-6-5-10(19-2)7-12(13)14(17)15(16)18/h5-7,9,11H,3-4,8H2,1-2H3. The third-order valence-corrected chi connectivity index (χ3v) is 3.88. The van der Waals surface area contributed by atoms with Crippen LogP contribution in [0.1, 0.15) is 30.1 Å². The molecule has 1 fully saturated rings. The number of benzene rings is 1.